The molecular formula is C21H22FN3O2. The van der Waals surface area contributed by atoms with Crippen molar-refractivity contribution in [1.29, 1.82) is 0 Å². The van der Waals surface area contributed by atoms with Gasteiger partial charge < -0.3 is 15.2 Å². The van der Waals surface area contributed by atoms with Crippen LogP contribution in [0, 0.1) is 5.82 Å². The lowest BCUT2D eigenvalue weighted by atomic mass is 10.1. The number of aromatic nitrogens is 1. The van der Waals surface area contributed by atoms with Crippen LogP contribution in [0.1, 0.15) is 22.8 Å². The summed E-state index contributed by atoms with van der Waals surface area (Å²) in [4.78, 5) is 28.9. The minimum Gasteiger partial charge on any atom is -0.361 e. The molecule has 2 amide bonds. The van der Waals surface area contributed by atoms with Gasteiger partial charge in [-0.15, -0.1) is 0 Å². The molecule has 0 saturated carbocycles. The van der Waals surface area contributed by atoms with Crippen LogP contribution >= 0.6 is 0 Å². The zero-order valence-corrected chi connectivity index (χ0v) is 15.2. The first-order valence-corrected chi connectivity index (χ1v) is 8.89. The van der Waals surface area contributed by atoms with E-state index in [1.165, 1.54) is 25.1 Å². The summed E-state index contributed by atoms with van der Waals surface area (Å²) in [6, 6.07) is 13.6. The Morgan fingerprint density at radius 3 is 2.70 bits per heavy atom. The van der Waals surface area contributed by atoms with Gasteiger partial charge in [0.2, 0.25) is 5.91 Å². The van der Waals surface area contributed by atoms with Crippen LogP contribution in [0.5, 0.6) is 0 Å². The Balaban J connectivity index is 1.53. The third-order valence-corrected chi connectivity index (χ3v) is 4.53. The smallest absolute Gasteiger partial charge is 0.251 e. The fourth-order valence-corrected chi connectivity index (χ4v) is 3.06. The number of benzene rings is 2. The molecule has 0 aliphatic rings. The monoisotopic (exact) mass is 367 g/mol. The highest BCUT2D eigenvalue weighted by Gasteiger charge is 2.12. The van der Waals surface area contributed by atoms with Crippen molar-refractivity contribution in [3.05, 3.63) is 71.7 Å². The van der Waals surface area contributed by atoms with Gasteiger partial charge in [-0.1, -0.05) is 24.3 Å². The first-order valence-electron chi connectivity index (χ1n) is 8.89. The largest absolute Gasteiger partial charge is 0.361 e. The second-order valence-electron chi connectivity index (χ2n) is 6.38. The van der Waals surface area contributed by atoms with E-state index in [0.717, 1.165) is 22.9 Å². The van der Waals surface area contributed by atoms with Crippen molar-refractivity contribution in [2.24, 2.45) is 0 Å². The Morgan fingerprint density at radius 2 is 1.93 bits per heavy atom. The van der Waals surface area contributed by atoms with E-state index in [1.54, 1.807) is 11.0 Å². The average Bonchev–Trinajstić information content (AvgIpc) is 3.07. The van der Waals surface area contributed by atoms with Crippen molar-refractivity contribution in [2.75, 3.05) is 19.6 Å². The molecule has 0 bridgehead atoms. The highest BCUT2D eigenvalue weighted by Crippen LogP contribution is 2.18. The number of halogens is 1. The Morgan fingerprint density at radius 1 is 1.11 bits per heavy atom. The number of carbonyl (C=O) groups excluding carboxylic acids is 2. The Hall–Kier alpha value is -3.15. The van der Waals surface area contributed by atoms with Crippen molar-refractivity contribution in [3.63, 3.8) is 0 Å². The molecule has 27 heavy (non-hydrogen) atoms. The number of para-hydroxylation sites is 1. The van der Waals surface area contributed by atoms with Gasteiger partial charge in [0.25, 0.3) is 5.91 Å². The van der Waals surface area contributed by atoms with Gasteiger partial charge in [0.1, 0.15) is 5.82 Å². The van der Waals surface area contributed by atoms with E-state index in [2.05, 4.69) is 16.4 Å². The SMILES string of the molecule is CC(=O)N(CCNC(=O)c1cccc(F)c1)CCc1c[nH]c2ccccc12. The Bertz CT molecular complexity index is 951. The fraction of sp³-hybridized carbons (Fsp3) is 0.238. The van der Waals surface area contributed by atoms with Gasteiger partial charge in [0, 0.05) is 49.2 Å². The fourth-order valence-electron chi connectivity index (χ4n) is 3.06. The minimum atomic E-state index is -0.452. The van der Waals surface area contributed by atoms with Crippen LogP contribution in [0.2, 0.25) is 0 Å². The molecule has 0 saturated heterocycles. The molecule has 0 unspecified atom stereocenters. The van der Waals surface area contributed by atoms with Crippen LogP contribution in [0.15, 0.2) is 54.7 Å². The van der Waals surface area contributed by atoms with Crippen LogP contribution in [0.3, 0.4) is 0 Å². The predicted molar refractivity (Wildman–Crippen MR) is 103 cm³/mol. The number of fused-ring (bicyclic) bond motifs is 1. The van der Waals surface area contributed by atoms with Gasteiger partial charge in [-0.2, -0.15) is 0 Å². The van der Waals surface area contributed by atoms with Crippen molar-refractivity contribution >= 4 is 22.7 Å². The van der Waals surface area contributed by atoms with Crippen LogP contribution in [-0.4, -0.2) is 41.3 Å². The maximum atomic E-state index is 13.2. The summed E-state index contributed by atoms with van der Waals surface area (Å²) in [5.41, 5.74) is 2.49. The first-order chi connectivity index (χ1) is 13.0. The predicted octanol–water partition coefficient (Wildman–Crippen LogP) is 3.13. The van der Waals surface area contributed by atoms with E-state index >= 15 is 0 Å². The summed E-state index contributed by atoms with van der Waals surface area (Å²) in [6.07, 6.45) is 2.69. The second-order valence-corrected chi connectivity index (χ2v) is 6.38. The van der Waals surface area contributed by atoms with Crippen molar-refractivity contribution in [2.45, 2.75) is 13.3 Å². The molecule has 0 fully saturated rings. The lowest BCUT2D eigenvalue weighted by Crippen LogP contribution is -2.38. The van der Waals surface area contributed by atoms with Crippen molar-refractivity contribution < 1.29 is 14.0 Å². The van der Waals surface area contributed by atoms with E-state index in [9.17, 15) is 14.0 Å². The quantitative estimate of drug-likeness (QED) is 0.674. The molecule has 3 aromatic rings. The number of hydrogen-bond acceptors (Lipinski definition) is 2. The summed E-state index contributed by atoms with van der Waals surface area (Å²) in [6.45, 7) is 2.79. The molecule has 140 valence electrons. The second kappa shape index (κ2) is 8.49. The number of H-pyrrole nitrogens is 1. The zero-order valence-electron chi connectivity index (χ0n) is 15.2. The molecule has 0 spiro atoms. The molecule has 6 heteroatoms. The number of amides is 2. The lowest BCUT2D eigenvalue weighted by molar-refractivity contribution is -0.128. The molecular weight excluding hydrogens is 345 g/mol. The van der Waals surface area contributed by atoms with Crippen LogP contribution in [0.25, 0.3) is 10.9 Å². The number of hydrogen-bond donors (Lipinski definition) is 2. The molecule has 2 aromatic carbocycles. The van der Waals surface area contributed by atoms with Crippen LogP contribution in [-0.2, 0) is 11.2 Å². The van der Waals surface area contributed by atoms with Gasteiger partial charge in [-0.3, -0.25) is 9.59 Å². The standard InChI is InChI=1S/C21H22FN3O2/c1-15(26)25(11-9-17-14-24-20-8-3-2-7-19(17)20)12-10-23-21(27)16-5-4-6-18(22)13-16/h2-8,13-14,24H,9-12H2,1H3,(H,23,27). The minimum absolute atomic E-state index is 0.0464. The van der Waals surface area contributed by atoms with Gasteiger partial charge in [0.05, 0.1) is 0 Å². The summed E-state index contributed by atoms with van der Waals surface area (Å²) < 4.78 is 13.2. The lowest BCUT2D eigenvalue weighted by Gasteiger charge is -2.21. The topological polar surface area (TPSA) is 65.2 Å². The molecule has 0 aliphatic carbocycles. The van der Waals surface area contributed by atoms with E-state index in [0.29, 0.717) is 19.6 Å². The highest BCUT2D eigenvalue weighted by atomic mass is 19.1. The number of rotatable bonds is 7. The van der Waals surface area contributed by atoms with Crippen LogP contribution < -0.4 is 5.32 Å². The van der Waals surface area contributed by atoms with Gasteiger partial charge >= 0.3 is 0 Å². The van der Waals surface area contributed by atoms with Gasteiger partial charge in [-0.25, -0.2) is 4.39 Å². The number of nitrogens with zero attached hydrogens (tertiary/aromatic N) is 1. The number of aromatic amines is 1. The molecule has 1 aromatic heterocycles. The van der Waals surface area contributed by atoms with E-state index in [1.807, 2.05) is 24.4 Å². The van der Waals surface area contributed by atoms with E-state index in [-0.39, 0.29) is 17.4 Å². The molecule has 1 heterocycles. The highest BCUT2D eigenvalue weighted by molar-refractivity contribution is 5.94. The first kappa shape index (κ1) is 18.6. The van der Waals surface area contributed by atoms with Gasteiger partial charge in [0.15, 0.2) is 0 Å². The van der Waals surface area contributed by atoms with Gasteiger partial charge in [-0.05, 0) is 36.2 Å². The number of nitrogens with one attached hydrogen (secondary N) is 2. The summed E-state index contributed by atoms with van der Waals surface area (Å²) >= 11 is 0. The van der Waals surface area contributed by atoms with E-state index < -0.39 is 5.82 Å². The average molecular weight is 367 g/mol. The molecule has 3 rings (SSSR count). The summed E-state index contributed by atoms with van der Waals surface area (Å²) in [7, 11) is 0. The van der Waals surface area contributed by atoms with Crippen LogP contribution in [0.4, 0.5) is 4.39 Å². The maximum Gasteiger partial charge on any atom is 0.251 e. The molecule has 0 aliphatic heterocycles. The summed E-state index contributed by atoms with van der Waals surface area (Å²) in [5, 5.41) is 3.88. The Labute approximate surface area is 157 Å². The molecule has 2 N–H and O–H groups in total. The maximum absolute atomic E-state index is 13.2. The zero-order chi connectivity index (χ0) is 19.2. The Kier molecular flexibility index (Phi) is 5.86. The number of carbonyl (C=O) groups is 2. The third kappa shape index (κ3) is 4.73. The normalized spacial score (nSPS) is 10.7. The van der Waals surface area contributed by atoms with Crippen molar-refractivity contribution in [1.82, 2.24) is 15.2 Å². The van der Waals surface area contributed by atoms with Crippen molar-refractivity contribution in [3.8, 4) is 0 Å². The summed E-state index contributed by atoms with van der Waals surface area (Å²) in [5.74, 6) is -0.851. The molecule has 0 radical (unpaired) electrons. The van der Waals surface area contributed by atoms with E-state index in [4.69, 9.17) is 0 Å². The molecule has 5 nitrogen and oxygen atoms in total. The molecule has 0 atom stereocenters. The third-order valence-electron chi connectivity index (χ3n) is 4.53.